The van der Waals surface area contributed by atoms with Crippen LogP contribution in [-0.2, 0) is 4.79 Å². The summed E-state index contributed by atoms with van der Waals surface area (Å²) in [4.78, 5) is 12.0. The lowest BCUT2D eigenvalue weighted by Gasteiger charge is -2.19. The van der Waals surface area contributed by atoms with Gasteiger partial charge in [0.05, 0.1) is 12.5 Å². The number of amides is 1. The summed E-state index contributed by atoms with van der Waals surface area (Å²) in [6.07, 6.45) is 1.83. The molecule has 1 fully saturated rings. The van der Waals surface area contributed by atoms with Crippen molar-refractivity contribution in [1.29, 1.82) is 0 Å². The number of carbonyl (C=O) groups excluding carboxylic acids is 1. The summed E-state index contributed by atoms with van der Waals surface area (Å²) in [5.74, 6) is 1.13. The van der Waals surface area contributed by atoms with Gasteiger partial charge in [0.2, 0.25) is 5.91 Å². The average Bonchev–Trinajstić information content (AvgIpc) is 2.97. The molecular weight excluding hydrogens is 252 g/mol. The van der Waals surface area contributed by atoms with E-state index >= 15 is 0 Å². The molecule has 1 heterocycles. The molecule has 1 aromatic carbocycles. The molecule has 0 spiro atoms. The maximum atomic E-state index is 12.0. The van der Waals surface area contributed by atoms with Crippen LogP contribution in [0, 0.1) is 12.8 Å². The highest BCUT2D eigenvalue weighted by atomic mass is 16.5. The van der Waals surface area contributed by atoms with Gasteiger partial charge in [-0.15, -0.1) is 0 Å². The van der Waals surface area contributed by atoms with Gasteiger partial charge in [-0.1, -0.05) is 19.1 Å². The Kier molecular flexibility index (Phi) is 5.41. The Morgan fingerprint density at radius 3 is 3.05 bits per heavy atom. The predicted octanol–water partition coefficient (Wildman–Crippen LogP) is 1.88. The van der Waals surface area contributed by atoms with E-state index in [0.717, 1.165) is 31.7 Å². The predicted molar refractivity (Wildman–Crippen MR) is 79.9 cm³/mol. The highest BCUT2D eigenvalue weighted by Gasteiger charge is 2.22. The van der Waals surface area contributed by atoms with Gasteiger partial charge in [0.25, 0.3) is 0 Å². The number of benzene rings is 1. The van der Waals surface area contributed by atoms with Gasteiger partial charge in [-0.25, -0.2) is 0 Å². The minimum Gasteiger partial charge on any atom is -0.489 e. The average molecular weight is 276 g/mol. The molecule has 0 saturated carbocycles. The van der Waals surface area contributed by atoms with E-state index in [2.05, 4.69) is 17.6 Å². The summed E-state index contributed by atoms with van der Waals surface area (Å²) in [7, 11) is 0. The SMILES string of the molecule is CCC(CNC(=O)C1CCNC1)Oc1cccc(C)c1. The molecule has 110 valence electrons. The van der Waals surface area contributed by atoms with Crippen molar-refractivity contribution < 1.29 is 9.53 Å². The van der Waals surface area contributed by atoms with Crippen LogP contribution >= 0.6 is 0 Å². The van der Waals surface area contributed by atoms with Crippen molar-refractivity contribution in [3.63, 3.8) is 0 Å². The molecule has 1 aliphatic rings. The summed E-state index contributed by atoms with van der Waals surface area (Å²) in [6.45, 7) is 6.42. The van der Waals surface area contributed by atoms with Gasteiger partial charge < -0.3 is 15.4 Å². The second-order valence-electron chi connectivity index (χ2n) is 5.40. The van der Waals surface area contributed by atoms with Crippen LogP contribution in [0.5, 0.6) is 5.75 Å². The van der Waals surface area contributed by atoms with Crippen LogP contribution in [0.4, 0.5) is 0 Å². The van der Waals surface area contributed by atoms with E-state index in [0.29, 0.717) is 6.54 Å². The number of hydrogen-bond acceptors (Lipinski definition) is 3. The number of rotatable bonds is 6. The second kappa shape index (κ2) is 7.29. The molecule has 20 heavy (non-hydrogen) atoms. The topological polar surface area (TPSA) is 50.4 Å². The quantitative estimate of drug-likeness (QED) is 0.834. The van der Waals surface area contributed by atoms with Crippen molar-refractivity contribution in [1.82, 2.24) is 10.6 Å². The van der Waals surface area contributed by atoms with Crippen LogP contribution < -0.4 is 15.4 Å². The summed E-state index contributed by atoms with van der Waals surface area (Å²) in [5.41, 5.74) is 1.18. The number of nitrogens with one attached hydrogen (secondary N) is 2. The van der Waals surface area contributed by atoms with Crippen molar-refractivity contribution in [2.24, 2.45) is 5.92 Å². The van der Waals surface area contributed by atoms with Crippen molar-refractivity contribution in [2.75, 3.05) is 19.6 Å². The smallest absolute Gasteiger partial charge is 0.224 e. The fourth-order valence-electron chi connectivity index (χ4n) is 2.39. The van der Waals surface area contributed by atoms with E-state index in [1.807, 2.05) is 31.2 Å². The van der Waals surface area contributed by atoms with Gasteiger partial charge in [-0.2, -0.15) is 0 Å². The number of ether oxygens (including phenoxy) is 1. The highest BCUT2D eigenvalue weighted by Crippen LogP contribution is 2.15. The van der Waals surface area contributed by atoms with Crippen LogP contribution in [0.1, 0.15) is 25.3 Å². The van der Waals surface area contributed by atoms with Crippen molar-refractivity contribution in [3.05, 3.63) is 29.8 Å². The van der Waals surface area contributed by atoms with Crippen LogP contribution in [-0.4, -0.2) is 31.6 Å². The molecule has 2 atom stereocenters. The Morgan fingerprint density at radius 2 is 2.40 bits per heavy atom. The standard InChI is InChI=1S/C16H24N2O2/c1-3-14(20-15-6-4-5-12(2)9-15)11-18-16(19)13-7-8-17-10-13/h4-6,9,13-14,17H,3,7-8,10-11H2,1-2H3,(H,18,19). The monoisotopic (exact) mass is 276 g/mol. The van der Waals surface area contributed by atoms with Gasteiger partial charge in [-0.05, 0) is 44.0 Å². The summed E-state index contributed by atoms with van der Waals surface area (Å²) in [5, 5.41) is 6.22. The van der Waals surface area contributed by atoms with Crippen LogP contribution in [0.3, 0.4) is 0 Å². The highest BCUT2D eigenvalue weighted by molar-refractivity contribution is 5.79. The normalized spacial score (nSPS) is 19.6. The number of aryl methyl sites for hydroxylation is 1. The molecule has 1 amide bonds. The van der Waals surface area contributed by atoms with E-state index in [-0.39, 0.29) is 17.9 Å². The first kappa shape index (κ1) is 14.9. The van der Waals surface area contributed by atoms with E-state index in [1.165, 1.54) is 5.56 Å². The van der Waals surface area contributed by atoms with E-state index in [4.69, 9.17) is 4.74 Å². The number of hydrogen-bond donors (Lipinski definition) is 2. The first-order valence-corrected chi connectivity index (χ1v) is 7.40. The zero-order chi connectivity index (χ0) is 14.4. The van der Waals surface area contributed by atoms with Gasteiger partial charge in [0.15, 0.2) is 0 Å². The maximum Gasteiger partial charge on any atom is 0.224 e. The van der Waals surface area contributed by atoms with E-state index in [1.54, 1.807) is 0 Å². The van der Waals surface area contributed by atoms with Gasteiger partial charge in [-0.3, -0.25) is 4.79 Å². The Labute approximate surface area is 120 Å². The molecule has 4 heteroatoms. The third-order valence-electron chi connectivity index (χ3n) is 3.68. The largest absolute Gasteiger partial charge is 0.489 e. The van der Waals surface area contributed by atoms with E-state index in [9.17, 15) is 4.79 Å². The third-order valence-corrected chi connectivity index (χ3v) is 3.68. The van der Waals surface area contributed by atoms with Crippen molar-refractivity contribution in [2.45, 2.75) is 32.8 Å². The Bertz CT molecular complexity index is 442. The molecule has 2 rings (SSSR count). The van der Waals surface area contributed by atoms with Gasteiger partial charge in [0.1, 0.15) is 11.9 Å². The summed E-state index contributed by atoms with van der Waals surface area (Å²) in [6, 6.07) is 8.01. The molecule has 4 nitrogen and oxygen atoms in total. The molecule has 1 aromatic rings. The van der Waals surface area contributed by atoms with Crippen LogP contribution in [0.2, 0.25) is 0 Å². The fourth-order valence-corrected chi connectivity index (χ4v) is 2.39. The first-order valence-electron chi connectivity index (χ1n) is 7.40. The zero-order valence-corrected chi connectivity index (χ0v) is 12.3. The first-order chi connectivity index (χ1) is 9.69. The van der Waals surface area contributed by atoms with Gasteiger partial charge >= 0.3 is 0 Å². The molecular formula is C16H24N2O2. The van der Waals surface area contributed by atoms with Crippen LogP contribution in [0.15, 0.2) is 24.3 Å². The molecule has 1 aliphatic heterocycles. The minimum absolute atomic E-state index is 0.0233. The zero-order valence-electron chi connectivity index (χ0n) is 12.3. The second-order valence-corrected chi connectivity index (χ2v) is 5.40. The molecule has 0 aliphatic carbocycles. The Morgan fingerprint density at radius 1 is 1.55 bits per heavy atom. The fraction of sp³-hybridized carbons (Fsp3) is 0.562. The van der Waals surface area contributed by atoms with Gasteiger partial charge in [0, 0.05) is 6.54 Å². The van der Waals surface area contributed by atoms with E-state index < -0.39 is 0 Å². The van der Waals surface area contributed by atoms with Crippen molar-refractivity contribution in [3.8, 4) is 5.75 Å². The molecule has 2 N–H and O–H groups in total. The summed E-state index contributed by atoms with van der Waals surface area (Å²) < 4.78 is 5.93. The third kappa shape index (κ3) is 4.23. The molecule has 2 unspecified atom stereocenters. The molecule has 0 radical (unpaired) electrons. The molecule has 0 bridgehead atoms. The lowest BCUT2D eigenvalue weighted by molar-refractivity contribution is -0.124. The van der Waals surface area contributed by atoms with Crippen LogP contribution in [0.25, 0.3) is 0 Å². The minimum atomic E-state index is 0.0233. The Balaban J connectivity index is 1.81. The maximum absolute atomic E-state index is 12.0. The Hall–Kier alpha value is -1.55. The lowest BCUT2D eigenvalue weighted by Crippen LogP contribution is -2.39. The summed E-state index contributed by atoms with van der Waals surface area (Å²) >= 11 is 0. The molecule has 0 aromatic heterocycles. The molecule has 1 saturated heterocycles. The lowest BCUT2D eigenvalue weighted by atomic mass is 10.1. The number of carbonyl (C=O) groups is 1. The van der Waals surface area contributed by atoms with Crippen molar-refractivity contribution >= 4 is 5.91 Å².